The van der Waals surface area contributed by atoms with Gasteiger partial charge in [0.2, 0.25) is 0 Å². The van der Waals surface area contributed by atoms with Crippen LogP contribution in [-0.2, 0) is 11.3 Å². The van der Waals surface area contributed by atoms with Crippen LogP contribution in [0.3, 0.4) is 0 Å². The number of carbonyl (C=O) groups excluding carboxylic acids is 1. The van der Waals surface area contributed by atoms with Gasteiger partial charge in [-0.1, -0.05) is 23.7 Å². The second-order valence-corrected chi connectivity index (χ2v) is 6.79. The third-order valence-corrected chi connectivity index (χ3v) is 4.60. The van der Waals surface area contributed by atoms with Gasteiger partial charge in [-0.25, -0.2) is 9.18 Å². The summed E-state index contributed by atoms with van der Waals surface area (Å²) in [6, 6.07) is 11.2. The first kappa shape index (κ1) is 20.4. The zero-order valence-electron chi connectivity index (χ0n) is 15.4. The van der Waals surface area contributed by atoms with Crippen molar-refractivity contribution < 1.29 is 18.7 Å². The average Bonchev–Trinajstić information content (AvgIpc) is 2.70. The lowest BCUT2D eigenvalue weighted by atomic mass is 10.2. The van der Waals surface area contributed by atoms with Crippen molar-refractivity contribution in [1.29, 1.82) is 0 Å². The Kier molecular flexibility index (Phi) is 7.47. The molecule has 1 aliphatic heterocycles. The van der Waals surface area contributed by atoms with Crippen molar-refractivity contribution in [3.63, 3.8) is 0 Å². The zero-order valence-corrected chi connectivity index (χ0v) is 16.2. The predicted octanol–water partition coefficient (Wildman–Crippen LogP) is 3.51. The molecule has 6 nitrogen and oxygen atoms in total. The average molecular weight is 408 g/mol. The molecule has 2 aromatic rings. The fourth-order valence-electron chi connectivity index (χ4n) is 2.79. The number of halogens is 2. The van der Waals surface area contributed by atoms with Gasteiger partial charge in [-0.15, -0.1) is 0 Å². The van der Waals surface area contributed by atoms with E-state index in [-0.39, 0.29) is 5.02 Å². The van der Waals surface area contributed by atoms with Crippen LogP contribution < -0.4 is 15.4 Å². The maximum absolute atomic E-state index is 13.2. The summed E-state index contributed by atoms with van der Waals surface area (Å²) in [7, 11) is 0. The molecule has 0 aliphatic carbocycles. The van der Waals surface area contributed by atoms with E-state index in [9.17, 15) is 9.18 Å². The second-order valence-electron chi connectivity index (χ2n) is 6.39. The van der Waals surface area contributed by atoms with Crippen molar-refractivity contribution in [2.24, 2.45) is 0 Å². The number of amides is 2. The molecule has 3 rings (SSSR count). The summed E-state index contributed by atoms with van der Waals surface area (Å²) in [5, 5.41) is 5.33. The summed E-state index contributed by atoms with van der Waals surface area (Å²) in [5.74, 6) is 0.233. The highest BCUT2D eigenvalue weighted by molar-refractivity contribution is 6.31. The van der Waals surface area contributed by atoms with Crippen molar-refractivity contribution >= 4 is 23.3 Å². The second kappa shape index (κ2) is 10.3. The van der Waals surface area contributed by atoms with E-state index < -0.39 is 11.8 Å². The number of anilines is 1. The van der Waals surface area contributed by atoms with Gasteiger partial charge in [0.25, 0.3) is 0 Å². The topological polar surface area (TPSA) is 62.8 Å². The van der Waals surface area contributed by atoms with Gasteiger partial charge in [0, 0.05) is 31.9 Å². The molecule has 8 heteroatoms. The Morgan fingerprint density at radius 1 is 1.21 bits per heavy atom. The fourth-order valence-corrected chi connectivity index (χ4v) is 2.97. The van der Waals surface area contributed by atoms with E-state index in [1.807, 2.05) is 24.3 Å². The molecular weight excluding hydrogens is 385 g/mol. The number of ether oxygens (including phenoxy) is 2. The molecule has 1 aliphatic rings. The number of urea groups is 1. The molecule has 28 heavy (non-hydrogen) atoms. The van der Waals surface area contributed by atoms with Crippen LogP contribution in [0.1, 0.15) is 5.56 Å². The van der Waals surface area contributed by atoms with E-state index in [0.717, 1.165) is 44.2 Å². The molecule has 2 amide bonds. The van der Waals surface area contributed by atoms with Crippen molar-refractivity contribution in [2.45, 2.75) is 6.54 Å². The Bertz CT molecular complexity index is 800. The largest absolute Gasteiger partial charge is 0.492 e. The number of hydrogen-bond donors (Lipinski definition) is 2. The normalized spacial score (nSPS) is 14.5. The summed E-state index contributed by atoms with van der Waals surface area (Å²) in [6.45, 7) is 5.20. The minimum atomic E-state index is -0.530. The van der Waals surface area contributed by atoms with Crippen LogP contribution in [0.15, 0.2) is 42.5 Å². The van der Waals surface area contributed by atoms with Crippen molar-refractivity contribution in [3.8, 4) is 5.75 Å². The predicted molar refractivity (Wildman–Crippen MR) is 106 cm³/mol. The van der Waals surface area contributed by atoms with Gasteiger partial charge in [0.05, 0.1) is 18.2 Å². The highest BCUT2D eigenvalue weighted by Crippen LogP contribution is 2.19. The maximum atomic E-state index is 13.2. The molecule has 2 aromatic carbocycles. The first-order valence-electron chi connectivity index (χ1n) is 9.12. The van der Waals surface area contributed by atoms with Crippen LogP contribution in [0.4, 0.5) is 14.9 Å². The summed E-state index contributed by atoms with van der Waals surface area (Å²) in [4.78, 5) is 14.3. The number of carbonyl (C=O) groups is 1. The number of nitrogens with zero attached hydrogens (tertiary/aromatic N) is 1. The highest BCUT2D eigenvalue weighted by Gasteiger charge is 2.10. The molecule has 0 spiro atoms. The summed E-state index contributed by atoms with van der Waals surface area (Å²) >= 11 is 5.71. The van der Waals surface area contributed by atoms with Gasteiger partial charge in [-0.05, 0) is 35.9 Å². The lowest BCUT2D eigenvalue weighted by Gasteiger charge is -2.26. The first-order chi connectivity index (χ1) is 13.6. The third-order valence-electron chi connectivity index (χ3n) is 4.31. The molecule has 0 bridgehead atoms. The van der Waals surface area contributed by atoms with Crippen LogP contribution in [0, 0.1) is 5.82 Å². The minimum absolute atomic E-state index is 0.0419. The van der Waals surface area contributed by atoms with E-state index in [2.05, 4.69) is 15.5 Å². The van der Waals surface area contributed by atoms with E-state index in [1.54, 1.807) is 0 Å². The third kappa shape index (κ3) is 6.37. The molecule has 2 N–H and O–H groups in total. The number of morpholine rings is 1. The Labute approximate surface area is 168 Å². The Hall–Kier alpha value is -2.35. The molecular formula is C20H23ClFN3O3. The molecule has 0 aromatic heterocycles. The van der Waals surface area contributed by atoms with Gasteiger partial charge in [0.1, 0.15) is 18.2 Å². The lowest BCUT2D eigenvalue weighted by molar-refractivity contribution is 0.0322. The molecule has 0 unspecified atom stereocenters. The van der Waals surface area contributed by atoms with Gasteiger partial charge in [-0.2, -0.15) is 0 Å². The lowest BCUT2D eigenvalue weighted by Crippen LogP contribution is -2.38. The maximum Gasteiger partial charge on any atom is 0.319 e. The highest BCUT2D eigenvalue weighted by atomic mass is 35.5. The fraction of sp³-hybridized carbons (Fsp3) is 0.350. The summed E-state index contributed by atoms with van der Waals surface area (Å²) in [5.41, 5.74) is 1.33. The number of hydrogen-bond acceptors (Lipinski definition) is 4. The smallest absolute Gasteiger partial charge is 0.319 e. The molecule has 0 saturated carbocycles. The quantitative estimate of drug-likeness (QED) is 0.737. The first-order valence-corrected chi connectivity index (χ1v) is 9.50. The summed E-state index contributed by atoms with van der Waals surface area (Å²) in [6.07, 6.45) is 0. The Balaban J connectivity index is 1.43. The number of benzene rings is 2. The monoisotopic (exact) mass is 407 g/mol. The van der Waals surface area contributed by atoms with Gasteiger partial charge < -0.3 is 20.1 Å². The molecule has 1 heterocycles. The SMILES string of the molecule is O=C(NCc1cccc(OCCN2CCOCC2)c1)Nc1ccc(F)c(Cl)c1. The molecule has 1 saturated heterocycles. The van der Waals surface area contributed by atoms with Crippen molar-refractivity contribution in [2.75, 3.05) is 44.8 Å². The van der Waals surface area contributed by atoms with Crippen molar-refractivity contribution in [3.05, 3.63) is 58.9 Å². The van der Waals surface area contributed by atoms with E-state index in [0.29, 0.717) is 18.8 Å². The minimum Gasteiger partial charge on any atom is -0.492 e. The van der Waals surface area contributed by atoms with E-state index in [1.165, 1.54) is 18.2 Å². The molecule has 1 fully saturated rings. The molecule has 0 radical (unpaired) electrons. The Morgan fingerprint density at radius 2 is 2.04 bits per heavy atom. The number of rotatable bonds is 7. The molecule has 0 atom stereocenters. The standard InChI is InChI=1S/C20H23ClFN3O3/c21-18-13-16(4-5-19(18)22)24-20(26)23-14-15-2-1-3-17(12-15)28-11-8-25-6-9-27-10-7-25/h1-5,12-13H,6-11,14H2,(H2,23,24,26). The van der Waals surface area contributed by atoms with Gasteiger partial charge in [-0.3, -0.25) is 4.90 Å². The zero-order chi connectivity index (χ0) is 19.8. The van der Waals surface area contributed by atoms with Crippen LogP contribution in [0.5, 0.6) is 5.75 Å². The van der Waals surface area contributed by atoms with Crippen molar-refractivity contribution in [1.82, 2.24) is 10.2 Å². The number of nitrogens with one attached hydrogen (secondary N) is 2. The Morgan fingerprint density at radius 3 is 2.82 bits per heavy atom. The molecule has 150 valence electrons. The van der Waals surface area contributed by atoms with Gasteiger partial charge >= 0.3 is 6.03 Å². The van der Waals surface area contributed by atoms with Crippen LogP contribution in [0.2, 0.25) is 5.02 Å². The van der Waals surface area contributed by atoms with Crippen LogP contribution in [-0.4, -0.2) is 50.4 Å². The summed E-state index contributed by atoms with van der Waals surface area (Å²) < 4.78 is 24.3. The van der Waals surface area contributed by atoms with E-state index >= 15 is 0 Å². The van der Waals surface area contributed by atoms with E-state index in [4.69, 9.17) is 21.1 Å². The van der Waals surface area contributed by atoms with Crippen LogP contribution in [0.25, 0.3) is 0 Å². The van der Waals surface area contributed by atoms with Gasteiger partial charge in [0.15, 0.2) is 0 Å². The van der Waals surface area contributed by atoms with Crippen LogP contribution >= 0.6 is 11.6 Å².